The third kappa shape index (κ3) is 2.76. The Morgan fingerprint density at radius 3 is 2.00 bits per heavy atom. The number of nitrogens with zero attached hydrogens (tertiary/aromatic N) is 1. The first-order valence-corrected chi connectivity index (χ1v) is 6.72. The summed E-state index contributed by atoms with van der Waals surface area (Å²) in [5.41, 5.74) is 0.371. The molecule has 1 aromatic rings. The largest absolute Gasteiger partial charge is 0.427 e. The fourth-order valence-electron chi connectivity index (χ4n) is 1.60. The lowest BCUT2D eigenvalue weighted by Crippen LogP contribution is -2.30. The molecule has 7 heteroatoms. The zero-order chi connectivity index (χ0) is 14.2. The maximum Gasteiger partial charge on any atom is 0.308 e. The van der Waals surface area contributed by atoms with Crippen LogP contribution in [0.1, 0.15) is 6.92 Å². The van der Waals surface area contributed by atoms with Crippen molar-refractivity contribution in [3.05, 3.63) is 33.2 Å². The van der Waals surface area contributed by atoms with Gasteiger partial charge in [0.15, 0.2) is 0 Å². The SMILES string of the molecule is CC(=O)Oc1cc(Br)c(N2C(=O)C=CC2=O)c(Br)c1. The molecule has 0 aliphatic carbocycles. The van der Waals surface area contributed by atoms with E-state index in [0.717, 1.165) is 4.90 Å². The summed E-state index contributed by atoms with van der Waals surface area (Å²) in [5, 5.41) is 0. The van der Waals surface area contributed by atoms with Crippen molar-refractivity contribution in [3.8, 4) is 5.75 Å². The lowest BCUT2D eigenvalue weighted by molar-refractivity contribution is -0.132. The van der Waals surface area contributed by atoms with E-state index in [1.54, 1.807) is 0 Å². The Morgan fingerprint density at radius 2 is 1.58 bits per heavy atom. The van der Waals surface area contributed by atoms with Gasteiger partial charge in [0.2, 0.25) is 0 Å². The highest BCUT2D eigenvalue weighted by atomic mass is 79.9. The van der Waals surface area contributed by atoms with Crippen LogP contribution in [0.25, 0.3) is 0 Å². The fraction of sp³-hybridized carbons (Fsp3) is 0.0833. The summed E-state index contributed by atoms with van der Waals surface area (Å²) in [7, 11) is 0. The highest BCUT2D eigenvalue weighted by Crippen LogP contribution is 2.39. The molecule has 2 rings (SSSR count). The fourth-order valence-corrected chi connectivity index (χ4v) is 3.10. The van der Waals surface area contributed by atoms with Crippen LogP contribution in [0.2, 0.25) is 0 Å². The van der Waals surface area contributed by atoms with Gasteiger partial charge in [0.05, 0.1) is 5.69 Å². The molecule has 0 saturated heterocycles. The number of hydrogen-bond acceptors (Lipinski definition) is 4. The molecule has 0 aromatic heterocycles. The first-order valence-electron chi connectivity index (χ1n) is 5.13. The van der Waals surface area contributed by atoms with Crippen molar-refractivity contribution in [1.82, 2.24) is 0 Å². The molecule has 1 aliphatic rings. The van der Waals surface area contributed by atoms with Crippen molar-refractivity contribution in [1.29, 1.82) is 0 Å². The summed E-state index contributed by atoms with van der Waals surface area (Å²) in [4.78, 5) is 35.2. The van der Waals surface area contributed by atoms with E-state index in [-0.39, 0.29) is 0 Å². The molecule has 5 nitrogen and oxygen atoms in total. The number of rotatable bonds is 2. The smallest absolute Gasteiger partial charge is 0.308 e. The summed E-state index contributed by atoms with van der Waals surface area (Å²) >= 11 is 6.52. The average molecular weight is 389 g/mol. The molecule has 0 fully saturated rings. The van der Waals surface area contributed by atoms with Crippen molar-refractivity contribution in [2.75, 3.05) is 4.90 Å². The average Bonchev–Trinajstić information content (AvgIpc) is 2.59. The zero-order valence-electron chi connectivity index (χ0n) is 9.65. The van der Waals surface area contributed by atoms with Crippen LogP contribution < -0.4 is 9.64 Å². The number of carbonyl (C=O) groups excluding carboxylic acids is 3. The topological polar surface area (TPSA) is 63.7 Å². The summed E-state index contributed by atoms with van der Waals surface area (Å²) in [6.07, 6.45) is 2.39. The van der Waals surface area contributed by atoms with Gasteiger partial charge in [-0.1, -0.05) is 0 Å². The van der Waals surface area contributed by atoms with Gasteiger partial charge < -0.3 is 4.74 Å². The Kier molecular flexibility index (Phi) is 3.86. The van der Waals surface area contributed by atoms with E-state index in [4.69, 9.17) is 4.74 Å². The van der Waals surface area contributed by atoms with Gasteiger partial charge in [-0.2, -0.15) is 0 Å². The van der Waals surface area contributed by atoms with Crippen molar-refractivity contribution >= 4 is 55.3 Å². The molecule has 0 radical (unpaired) electrons. The molecule has 1 heterocycles. The van der Waals surface area contributed by atoms with Crippen LogP contribution in [0, 0.1) is 0 Å². The number of carbonyl (C=O) groups is 3. The number of amides is 2. The minimum absolute atomic E-state index is 0.307. The summed E-state index contributed by atoms with van der Waals surface area (Å²) in [6, 6.07) is 3.03. The van der Waals surface area contributed by atoms with Crippen molar-refractivity contribution in [2.24, 2.45) is 0 Å². The molecular weight excluding hydrogens is 382 g/mol. The van der Waals surface area contributed by atoms with Gasteiger partial charge in [-0.05, 0) is 44.0 Å². The first kappa shape index (κ1) is 14.0. The third-order valence-electron chi connectivity index (χ3n) is 2.28. The summed E-state index contributed by atoms with van der Waals surface area (Å²) in [5.74, 6) is -0.998. The van der Waals surface area contributed by atoms with E-state index < -0.39 is 17.8 Å². The molecule has 0 bridgehead atoms. The molecule has 1 aliphatic heterocycles. The monoisotopic (exact) mass is 387 g/mol. The third-order valence-corrected chi connectivity index (χ3v) is 3.49. The second-order valence-corrected chi connectivity index (χ2v) is 5.38. The van der Waals surface area contributed by atoms with Gasteiger partial charge in [0, 0.05) is 28.0 Å². The minimum Gasteiger partial charge on any atom is -0.427 e. The molecule has 2 amide bonds. The van der Waals surface area contributed by atoms with Crippen molar-refractivity contribution in [2.45, 2.75) is 6.92 Å². The highest BCUT2D eigenvalue weighted by Gasteiger charge is 2.29. The Labute approximate surface area is 125 Å². The second kappa shape index (κ2) is 5.26. The van der Waals surface area contributed by atoms with E-state index in [1.165, 1.54) is 31.2 Å². The Balaban J connectivity index is 2.45. The standard InChI is InChI=1S/C12H7Br2NO4/c1-6(16)19-7-4-8(13)12(9(14)5-7)15-10(17)2-3-11(15)18/h2-5H,1H3. The lowest BCUT2D eigenvalue weighted by Gasteiger charge is -2.18. The number of hydrogen-bond donors (Lipinski definition) is 0. The minimum atomic E-state index is -0.457. The normalized spacial score (nSPS) is 14.2. The van der Waals surface area contributed by atoms with Crippen LogP contribution >= 0.6 is 31.9 Å². The molecule has 1 aromatic carbocycles. The van der Waals surface area contributed by atoms with Gasteiger partial charge in [0.25, 0.3) is 11.8 Å². The molecule has 0 unspecified atom stereocenters. The molecule has 0 atom stereocenters. The van der Waals surface area contributed by atoms with E-state index in [0.29, 0.717) is 20.4 Å². The van der Waals surface area contributed by atoms with Crippen LogP contribution in [-0.4, -0.2) is 17.8 Å². The number of imide groups is 1. The van der Waals surface area contributed by atoms with E-state index in [9.17, 15) is 14.4 Å². The number of anilines is 1. The van der Waals surface area contributed by atoms with Gasteiger partial charge in [0.1, 0.15) is 5.75 Å². The quantitative estimate of drug-likeness (QED) is 0.443. The number of esters is 1. The Bertz CT molecular complexity index is 583. The summed E-state index contributed by atoms with van der Waals surface area (Å²) < 4.78 is 5.87. The molecule has 0 spiro atoms. The maximum absolute atomic E-state index is 11.6. The maximum atomic E-state index is 11.6. The van der Waals surface area contributed by atoms with E-state index in [1.807, 2.05) is 0 Å². The van der Waals surface area contributed by atoms with Gasteiger partial charge in [-0.3, -0.25) is 14.4 Å². The highest BCUT2D eigenvalue weighted by molar-refractivity contribution is 9.11. The molecule has 98 valence electrons. The first-order chi connectivity index (χ1) is 8.90. The zero-order valence-corrected chi connectivity index (χ0v) is 12.8. The predicted octanol–water partition coefficient (Wildman–Crippen LogP) is 2.57. The van der Waals surface area contributed by atoms with Crippen molar-refractivity contribution in [3.63, 3.8) is 0 Å². The van der Waals surface area contributed by atoms with Gasteiger partial charge in [-0.25, -0.2) is 4.90 Å². The van der Waals surface area contributed by atoms with Crippen LogP contribution in [0.15, 0.2) is 33.2 Å². The second-order valence-electron chi connectivity index (χ2n) is 3.67. The van der Waals surface area contributed by atoms with E-state index in [2.05, 4.69) is 31.9 Å². The van der Waals surface area contributed by atoms with Crippen molar-refractivity contribution < 1.29 is 19.1 Å². The lowest BCUT2D eigenvalue weighted by atomic mass is 10.2. The number of benzene rings is 1. The van der Waals surface area contributed by atoms with Crippen LogP contribution in [0.5, 0.6) is 5.75 Å². The van der Waals surface area contributed by atoms with Crippen LogP contribution in [0.4, 0.5) is 5.69 Å². The summed E-state index contributed by atoms with van der Waals surface area (Å²) in [6.45, 7) is 1.28. The molecular formula is C12H7Br2NO4. The molecule has 0 N–H and O–H groups in total. The van der Waals surface area contributed by atoms with E-state index >= 15 is 0 Å². The Hall–Kier alpha value is -1.47. The van der Waals surface area contributed by atoms with Gasteiger partial charge >= 0.3 is 5.97 Å². The van der Waals surface area contributed by atoms with Gasteiger partial charge in [-0.15, -0.1) is 0 Å². The number of ether oxygens (including phenoxy) is 1. The molecule has 19 heavy (non-hydrogen) atoms. The molecule has 0 saturated carbocycles. The Morgan fingerprint density at radius 1 is 1.11 bits per heavy atom. The van der Waals surface area contributed by atoms with Crippen LogP contribution in [0.3, 0.4) is 0 Å². The van der Waals surface area contributed by atoms with Crippen LogP contribution in [-0.2, 0) is 14.4 Å². The predicted molar refractivity (Wildman–Crippen MR) is 74.8 cm³/mol. The number of halogens is 2.